The maximum Gasteiger partial charge on any atom is 0.254 e. The van der Waals surface area contributed by atoms with Gasteiger partial charge in [0.25, 0.3) is 5.91 Å². The number of pyridine rings is 3. The number of nitrogens with one attached hydrogen (secondary N) is 2. The summed E-state index contributed by atoms with van der Waals surface area (Å²) in [5, 5.41) is 17.4. The van der Waals surface area contributed by atoms with Crippen LogP contribution in [0.2, 0.25) is 0 Å². The predicted octanol–water partition coefficient (Wildman–Crippen LogP) is 3.37. The minimum atomic E-state index is -0.589. The molecule has 2 aliphatic heterocycles. The van der Waals surface area contributed by atoms with Crippen molar-refractivity contribution in [1.82, 2.24) is 24.8 Å². The van der Waals surface area contributed by atoms with Crippen molar-refractivity contribution in [3.63, 3.8) is 0 Å². The molecular formula is C26H27N7O2. The van der Waals surface area contributed by atoms with Crippen LogP contribution in [-0.2, 0) is 13.6 Å². The van der Waals surface area contributed by atoms with Gasteiger partial charge in [-0.2, -0.15) is 0 Å². The van der Waals surface area contributed by atoms with Gasteiger partial charge in [0.2, 0.25) is 0 Å². The monoisotopic (exact) mass is 469 g/mol. The maximum atomic E-state index is 12.8. The van der Waals surface area contributed by atoms with Crippen molar-refractivity contribution in [3.8, 4) is 11.3 Å². The number of hydrogen-bond donors (Lipinski definition) is 3. The third-order valence-electron chi connectivity index (χ3n) is 7.07. The van der Waals surface area contributed by atoms with E-state index in [0.29, 0.717) is 23.6 Å². The lowest BCUT2D eigenvalue weighted by Gasteiger charge is -2.37. The first-order valence-electron chi connectivity index (χ1n) is 11.8. The number of carbonyl (C=O) groups is 1. The lowest BCUT2D eigenvalue weighted by molar-refractivity contribution is 0.0351. The Hall–Kier alpha value is -3.98. The highest BCUT2D eigenvalue weighted by Gasteiger charge is 2.29. The van der Waals surface area contributed by atoms with E-state index < -0.39 is 5.60 Å². The van der Waals surface area contributed by atoms with E-state index in [2.05, 4.69) is 25.5 Å². The van der Waals surface area contributed by atoms with E-state index in [0.717, 1.165) is 59.5 Å². The molecular weight excluding hydrogens is 442 g/mol. The van der Waals surface area contributed by atoms with Gasteiger partial charge >= 0.3 is 0 Å². The molecule has 0 radical (unpaired) electrons. The molecule has 9 heteroatoms. The van der Waals surface area contributed by atoms with Crippen LogP contribution in [0.25, 0.3) is 22.3 Å². The molecule has 0 spiro atoms. The van der Waals surface area contributed by atoms with Gasteiger partial charge < -0.3 is 25.2 Å². The Morgan fingerprint density at radius 3 is 2.69 bits per heavy atom. The molecule has 2 aliphatic rings. The van der Waals surface area contributed by atoms with Gasteiger partial charge in [-0.25, -0.2) is 9.97 Å². The topological polar surface area (TPSA) is 108 Å². The van der Waals surface area contributed by atoms with Gasteiger partial charge in [0.1, 0.15) is 11.5 Å². The van der Waals surface area contributed by atoms with Crippen LogP contribution in [0.3, 0.4) is 0 Å². The molecule has 0 unspecified atom stereocenters. The van der Waals surface area contributed by atoms with E-state index >= 15 is 0 Å². The average molecular weight is 470 g/mol. The van der Waals surface area contributed by atoms with Crippen molar-refractivity contribution < 1.29 is 9.90 Å². The molecule has 0 aromatic carbocycles. The fraction of sp³-hybridized carbons (Fsp3) is 0.308. The molecule has 1 amide bonds. The fourth-order valence-electron chi connectivity index (χ4n) is 4.97. The van der Waals surface area contributed by atoms with Crippen LogP contribution < -0.4 is 15.5 Å². The van der Waals surface area contributed by atoms with Gasteiger partial charge in [0, 0.05) is 55.6 Å². The zero-order valence-electron chi connectivity index (χ0n) is 19.7. The highest BCUT2D eigenvalue weighted by atomic mass is 16.3. The zero-order chi connectivity index (χ0) is 24.2. The van der Waals surface area contributed by atoms with E-state index in [4.69, 9.17) is 4.98 Å². The van der Waals surface area contributed by atoms with E-state index in [1.165, 1.54) is 0 Å². The second-order valence-corrected chi connectivity index (χ2v) is 9.59. The number of aryl methyl sites for hydroxylation is 1. The van der Waals surface area contributed by atoms with Crippen LogP contribution >= 0.6 is 0 Å². The molecule has 35 heavy (non-hydrogen) atoms. The molecule has 1 saturated heterocycles. The molecule has 9 nitrogen and oxygen atoms in total. The largest absolute Gasteiger partial charge is 0.390 e. The SMILES string of the molecule is Cn1ccc2c(-c3ncc(Nc4ccc(N5CCC(C)(O)CC5)cn4)c4c3CNC4=O)ccnc21. The Bertz CT molecular complexity index is 1430. The van der Waals surface area contributed by atoms with Crippen molar-refractivity contribution in [2.24, 2.45) is 7.05 Å². The van der Waals surface area contributed by atoms with Crippen molar-refractivity contribution in [2.75, 3.05) is 23.3 Å². The number of fused-ring (bicyclic) bond motifs is 2. The minimum absolute atomic E-state index is 0.124. The van der Waals surface area contributed by atoms with E-state index in [1.54, 1.807) is 12.4 Å². The van der Waals surface area contributed by atoms with E-state index in [-0.39, 0.29) is 5.91 Å². The number of anilines is 3. The number of aromatic nitrogens is 4. The number of amides is 1. The standard InChI is InChI=1S/C26H27N7O2/c1-26(35)7-11-33(12-8-26)16-3-4-21(28-13-16)31-20-15-29-23(19-14-30-25(34)22(19)20)17-5-9-27-24-18(17)6-10-32(24)2/h3-6,9-10,13,15,35H,7-8,11-12,14H2,1-2H3,(H,28,31)(H,30,34). The molecule has 6 rings (SSSR count). The van der Waals surface area contributed by atoms with Crippen LogP contribution in [0.15, 0.2) is 49.1 Å². The van der Waals surface area contributed by atoms with E-state index in [9.17, 15) is 9.90 Å². The van der Waals surface area contributed by atoms with Crippen LogP contribution in [0, 0.1) is 0 Å². The molecule has 0 atom stereocenters. The second kappa shape index (κ2) is 8.06. The number of rotatable bonds is 4. The van der Waals surface area contributed by atoms with Crippen molar-refractivity contribution in [3.05, 3.63) is 60.2 Å². The minimum Gasteiger partial charge on any atom is -0.390 e. The zero-order valence-corrected chi connectivity index (χ0v) is 19.7. The van der Waals surface area contributed by atoms with Crippen LogP contribution in [0.1, 0.15) is 35.7 Å². The summed E-state index contributed by atoms with van der Waals surface area (Å²) in [7, 11) is 1.96. The summed E-state index contributed by atoms with van der Waals surface area (Å²) in [4.78, 5) is 28.8. The Balaban J connectivity index is 1.30. The Kier molecular flexibility index (Phi) is 4.96. The molecule has 4 aromatic rings. The first kappa shape index (κ1) is 21.5. The molecule has 1 fully saturated rings. The van der Waals surface area contributed by atoms with Gasteiger partial charge in [-0.1, -0.05) is 0 Å². The Labute approximate surface area is 202 Å². The highest BCUT2D eigenvalue weighted by molar-refractivity contribution is 6.06. The Morgan fingerprint density at radius 2 is 1.91 bits per heavy atom. The fourth-order valence-corrected chi connectivity index (χ4v) is 4.97. The normalized spacial score (nSPS) is 16.9. The molecule has 6 heterocycles. The number of carbonyl (C=O) groups excluding carboxylic acids is 1. The lowest BCUT2D eigenvalue weighted by Crippen LogP contribution is -2.42. The average Bonchev–Trinajstić information content (AvgIpc) is 3.43. The van der Waals surface area contributed by atoms with Crippen LogP contribution in [-0.4, -0.2) is 49.2 Å². The molecule has 0 aliphatic carbocycles. The number of piperidine rings is 1. The summed E-state index contributed by atoms with van der Waals surface area (Å²) in [6.07, 6.45) is 8.75. The number of nitrogens with zero attached hydrogens (tertiary/aromatic N) is 5. The number of aliphatic hydroxyl groups is 1. The van der Waals surface area contributed by atoms with Crippen molar-refractivity contribution in [1.29, 1.82) is 0 Å². The smallest absolute Gasteiger partial charge is 0.254 e. The van der Waals surface area contributed by atoms with Gasteiger partial charge in [-0.05, 0) is 44.0 Å². The molecule has 4 aromatic heterocycles. The molecule has 3 N–H and O–H groups in total. The number of hydrogen-bond acceptors (Lipinski definition) is 7. The summed E-state index contributed by atoms with van der Waals surface area (Å²) >= 11 is 0. The van der Waals surface area contributed by atoms with Gasteiger partial charge in [-0.15, -0.1) is 0 Å². The second-order valence-electron chi connectivity index (χ2n) is 9.59. The molecule has 0 saturated carbocycles. The van der Waals surface area contributed by atoms with Crippen molar-refractivity contribution in [2.45, 2.75) is 31.9 Å². The van der Waals surface area contributed by atoms with Gasteiger partial charge in [0.05, 0.1) is 40.6 Å². The van der Waals surface area contributed by atoms with E-state index in [1.807, 2.05) is 55.2 Å². The first-order valence-corrected chi connectivity index (χ1v) is 11.8. The van der Waals surface area contributed by atoms with Crippen LogP contribution in [0.4, 0.5) is 17.2 Å². The first-order chi connectivity index (χ1) is 16.9. The molecule has 0 bridgehead atoms. The third-order valence-corrected chi connectivity index (χ3v) is 7.07. The van der Waals surface area contributed by atoms with Crippen LogP contribution in [0.5, 0.6) is 0 Å². The summed E-state index contributed by atoms with van der Waals surface area (Å²) in [5.41, 5.74) is 5.14. The summed E-state index contributed by atoms with van der Waals surface area (Å²) in [6, 6.07) is 7.89. The van der Waals surface area contributed by atoms with Gasteiger partial charge in [0.15, 0.2) is 0 Å². The predicted molar refractivity (Wildman–Crippen MR) is 135 cm³/mol. The summed E-state index contributed by atoms with van der Waals surface area (Å²) in [6.45, 7) is 3.91. The Morgan fingerprint density at radius 1 is 1.09 bits per heavy atom. The highest BCUT2D eigenvalue weighted by Crippen LogP contribution is 2.36. The summed E-state index contributed by atoms with van der Waals surface area (Å²) in [5.74, 6) is 0.519. The van der Waals surface area contributed by atoms with Crippen molar-refractivity contribution >= 4 is 34.1 Å². The molecule has 178 valence electrons. The quantitative estimate of drug-likeness (QED) is 0.421. The van der Waals surface area contributed by atoms with Gasteiger partial charge in [-0.3, -0.25) is 9.78 Å². The summed E-state index contributed by atoms with van der Waals surface area (Å²) < 4.78 is 1.97. The lowest BCUT2D eigenvalue weighted by atomic mass is 9.94. The maximum absolute atomic E-state index is 12.8. The third kappa shape index (κ3) is 3.77.